The number of sulfone groups is 1. The Morgan fingerprint density at radius 3 is 2.65 bits per heavy atom. The summed E-state index contributed by atoms with van der Waals surface area (Å²) in [6, 6.07) is 7.47. The summed E-state index contributed by atoms with van der Waals surface area (Å²) in [6.07, 6.45) is 0. The first-order valence-corrected chi connectivity index (χ1v) is 6.52. The summed E-state index contributed by atoms with van der Waals surface area (Å²) in [5.41, 5.74) is 6.54. The van der Waals surface area contributed by atoms with E-state index in [1.54, 1.807) is 0 Å². The van der Waals surface area contributed by atoms with Gasteiger partial charge in [0.2, 0.25) is 15.0 Å². The van der Waals surface area contributed by atoms with Crippen molar-refractivity contribution in [2.24, 2.45) is 10.7 Å². The van der Waals surface area contributed by atoms with Gasteiger partial charge in [0, 0.05) is 0 Å². The van der Waals surface area contributed by atoms with Gasteiger partial charge in [0.05, 0.1) is 11.1 Å². The monoisotopic (exact) mass is 252 g/mol. The molecule has 0 amide bonds. The fourth-order valence-corrected chi connectivity index (χ4v) is 2.25. The maximum Gasteiger partial charge on any atom is 0.234 e. The van der Waals surface area contributed by atoms with Gasteiger partial charge in [-0.25, -0.2) is 13.4 Å². The molecule has 0 spiro atoms. The first-order valence-electron chi connectivity index (χ1n) is 4.97. The van der Waals surface area contributed by atoms with Gasteiger partial charge in [0.1, 0.15) is 12.4 Å². The van der Waals surface area contributed by atoms with Crippen molar-refractivity contribution >= 4 is 15.0 Å². The Kier molecular flexibility index (Phi) is 2.89. The molecule has 0 aromatic heterocycles. The van der Waals surface area contributed by atoms with Gasteiger partial charge in [0.15, 0.2) is 0 Å². The Balaban J connectivity index is 2.09. The fourth-order valence-electron chi connectivity index (χ4n) is 1.41. The van der Waals surface area contributed by atoms with E-state index in [0.29, 0.717) is 11.4 Å². The van der Waals surface area contributed by atoms with E-state index < -0.39 is 9.84 Å². The number of para-hydroxylation sites is 1. The minimum atomic E-state index is -3.50. The Morgan fingerprint density at radius 1 is 1.35 bits per heavy atom. The zero-order valence-corrected chi connectivity index (χ0v) is 10.1. The number of nitrogens with two attached hydrogens (primary N) is 1. The topological polar surface area (TPSA) is 81.8 Å². The lowest BCUT2D eigenvalue weighted by Crippen LogP contribution is -2.18. The number of benzene rings is 1. The Bertz CT molecular complexity index is 603. The van der Waals surface area contributed by atoms with Crippen LogP contribution in [-0.2, 0) is 9.84 Å². The summed E-state index contributed by atoms with van der Waals surface area (Å²) in [5, 5.41) is 0.654. The predicted octanol–water partition coefficient (Wildman–Crippen LogP) is 0.958. The standard InChI is InChI=1S/C11H12N2O3S/c1-8-4-2-3-5-10(8)16-6-9-7-17(14,15)11(12)13-9/h2-5,7H,6H2,1H3,(H2,12,13). The van der Waals surface area contributed by atoms with E-state index in [9.17, 15) is 8.42 Å². The zero-order valence-electron chi connectivity index (χ0n) is 9.25. The number of aliphatic imine (C=N–C) groups is 1. The van der Waals surface area contributed by atoms with E-state index in [0.717, 1.165) is 11.0 Å². The smallest absolute Gasteiger partial charge is 0.234 e. The van der Waals surface area contributed by atoms with Crippen LogP contribution in [0.25, 0.3) is 0 Å². The van der Waals surface area contributed by atoms with Gasteiger partial charge in [-0.3, -0.25) is 0 Å². The molecule has 1 heterocycles. The van der Waals surface area contributed by atoms with E-state index >= 15 is 0 Å². The lowest BCUT2D eigenvalue weighted by Gasteiger charge is -2.07. The highest BCUT2D eigenvalue weighted by Gasteiger charge is 2.22. The molecule has 0 radical (unpaired) electrons. The van der Waals surface area contributed by atoms with Crippen molar-refractivity contribution in [2.45, 2.75) is 6.92 Å². The molecule has 1 aromatic rings. The normalized spacial score (nSPS) is 17.5. The molecular weight excluding hydrogens is 240 g/mol. The first kappa shape index (κ1) is 11.7. The number of nitrogens with zero attached hydrogens (tertiary/aromatic N) is 1. The molecule has 5 nitrogen and oxygen atoms in total. The van der Waals surface area contributed by atoms with Crippen LogP contribution in [0.15, 0.2) is 40.4 Å². The third kappa shape index (κ3) is 2.47. The van der Waals surface area contributed by atoms with Crippen LogP contribution in [-0.4, -0.2) is 20.2 Å². The molecule has 6 heteroatoms. The van der Waals surface area contributed by atoms with Crippen LogP contribution in [0.2, 0.25) is 0 Å². The second-order valence-corrected chi connectivity index (χ2v) is 5.40. The molecule has 0 aliphatic carbocycles. The number of hydrogen-bond acceptors (Lipinski definition) is 5. The average molecular weight is 252 g/mol. The molecule has 1 aliphatic rings. The fraction of sp³-hybridized carbons (Fsp3) is 0.182. The van der Waals surface area contributed by atoms with Crippen molar-refractivity contribution in [1.29, 1.82) is 0 Å². The molecule has 90 valence electrons. The van der Waals surface area contributed by atoms with Gasteiger partial charge in [-0.2, -0.15) is 0 Å². The average Bonchev–Trinajstić information content (AvgIpc) is 2.52. The molecule has 0 saturated carbocycles. The summed E-state index contributed by atoms with van der Waals surface area (Å²) >= 11 is 0. The summed E-state index contributed by atoms with van der Waals surface area (Å²) in [6.45, 7) is 2.00. The van der Waals surface area contributed by atoms with Crippen molar-refractivity contribution < 1.29 is 13.2 Å². The molecule has 0 fully saturated rings. The highest BCUT2D eigenvalue weighted by atomic mass is 32.2. The largest absolute Gasteiger partial charge is 0.487 e. The summed E-state index contributed by atoms with van der Waals surface area (Å²) in [5.74, 6) is 0.700. The predicted molar refractivity (Wildman–Crippen MR) is 65.3 cm³/mol. The Hall–Kier alpha value is -1.82. The lowest BCUT2D eigenvalue weighted by molar-refractivity contribution is 0.349. The molecule has 2 N–H and O–H groups in total. The van der Waals surface area contributed by atoms with Gasteiger partial charge in [-0.1, -0.05) is 18.2 Å². The molecule has 17 heavy (non-hydrogen) atoms. The van der Waals surface area contributed by atoms with E-state index in [1.165, 1.54) is 0 Å². The molecule has 0 atom stereocenters. The number of aryl methyl sites for hydroxylation is 1. The minimum Gasteiger partial charge on any atom is -0.487 e. The SMILES string of the molecule is Cc1ccccc1OCC1=CS(=O)(=O)C(N)=N1. The second kappa shape index (κ2) is 4.21. The van der Waals surface area contributed by atoms with Gasteiger partial charge >= 0.3 is 0 Å². The molecule has 1 aliphatic heterocycles. The van der Waals surface area contributed by atoms with Crippen molar-refractivity contribution in [3.05, 3.63) is 40.9 Å². The highest BCUT2D eigenvalue weighted by Crippen LogP contribution is 2.19. The number of hydrogen-bond donors (Lipinski definition) is 1. The minimum absolute atomic E-state index is 0.0881. The van der Waals surface area contributed by atoms with E-state index in [2.05, 4.69) is 4.99 Å². The molecule has 1 aromatic carbocycles. The van der Waals surface area contributed by atoms with Crippen LogP contribution in [0, 0.1) is 6.92 Å². The Morgan fingerprint density at radius 2 is 2.06 bits per heavy atom. The third-order valence-electron chi connectivity index (χ3n) is 2.31. The van der Waals surface area contributed by atoms with Gasteiger partial charge in [-0.15, -0.1) is 0 Å². The maximum absolute atomic E-state index is 11.3. The van der Waals surface area contributed by atoms with Crippen LogP contribution in [0.4, 0.5) is 0 Å². The van der Waals surface area contributed by atoms with Crippen molar-refractivity contribution in [1.82, 2.24) is 0 Å². The summed E-state index contributed by atoms with van der Waals surface area (Å²) in [7, 11) is -3.50. The zero-order chi connectivity index (χ0) is 12.5. The van der Waals surface area contributed by atoms with E-state index in [-0.39, 0.29) is 11.8 Å². The van der Waals surface area contributed by atoms with Crippen LogP contribution < -0.4 is 10.5 Å². The van der Waals surface area contributed by atoms with Crippen molar-refractivity contribution in [2.75, 3.05) is 6.61 Å². The quantitative estimate of drug-likeness (QED) is 0.868. The second-order valence-electron chi connectivity index (χ2n) is 3.66. The summed E-state index contributed by atoms with van der Waals surface area (Å²) < 4.78 is 28.0. The molecule has 0 saturated heterocycles. The summed E-state index contributed by atoms with van der Waals surface area (Å²) in [4.78, 5) is 3.73. The van der Waals surface area contributed by atoms with E-state index in [4.69, 9.17) is 10.5 Å². The van der Waals surface area contributed by atoms with Gasteiger partial charge in [-0.05, 0) is 18.6 Å². The molecule has 2 rings (SSSR count). The van der Waals surface area contributed by atoms with Crippen LogP contribution in [0.1, 0.15) is 5.56 Å². The molecule has 0 bridgehead atoms. The Labute approximate surface area is 99.5 Å². The van der Waals surface area contributed by atoms with Crippen LogP contribution >= 0.6 is 0 Å². The molecule has 0 unspecified atom stereocenters. The third-order valence-corrected chi connectivity index (χ3v) is 3.56. The van der Waals surface area contributed by atoms with Gasteiger partial charge < -0.3 is 10.5 Å². The van der Waals surface area contributed by atoms with Crippen molar-refractivity contribution in [3.8, 4) is 5.75 Å². The lowest BCUT2D eigenvalue weighted by atomic mass is 10.2. The number of ether oxygens (including phenoxy) is 1. The molecular formula is C11H12N2O3S. The maximum atomic E-state index is 11.3. The number of rotatable bonds is 3. The van der Waals surface area contributed by atoms with Crippen molar-refractivity contribution in [3.63, 3.8) is 0 Å². The number of amidine groups is 1. The van der Waals surface area contributed by atoms with Gasteiger partial charge in [0.25, 0.3) is 0 Å². The van der Waals surface area contributed by atoms with Crippen LogP contribution in [0.5, 0.6) is 5.75 Å². The first-order chi connectivity index (χ1) is 7.99. The van der Waals surface area contributed by atoms with Crippen LogP contribution in [0.3, 0.4) is 0 Å². The van der Waals surface area contributed by atoms with E-state index in [1.807, 2.05) is 31.2 Å². The highest BCUT2D eigenvalue weighted by molar-refractivity contribution is 8.09.